The van der Waals surface area contributed by atoms with Gasteiger partial charge in [0.05, 0.1) is 0 Å². The number of hydrogen-bond donors (Lipinski definition) is 0. The average Bonchev–Trinajstić information content (AvgIpc) is 2.73. The second-order valence-corrected chi connectivity index (χ2v) is 6.91. The molecule has 3 aromatic heterocycles. The number of fused-ring (bicyclic) bond motifs is 1. The predicted octanol–water partition coefficient (Wildman–Crippen LogP) is 2.72. The Hall–Kier alpha value is -3.02. The van der Waals surface area contributed by atoms with Crippen molar-refractivity contribution < 1.29 is 4.79 Å². The summed E-state index contributed by atoms with van der Waals surface area (Å²) in [5, 5.41) is 0. The van der Waals surface area contributed by atoms with E-state index in [2.05, 4.69) is 9.97 Å². The van der Waals surface area contributed by atoms with Crippen LogP contribution in [0.5, 0.6) is 0 Å². The van der Waals surface area contributed by atoms with Crippen LogP contribution in [-0.2, 0) is 6.42 Å². The zero-order chi connectivity index (χ0) is 18.6. The van der Waals surface area contributed by atoms with Gasteiger partial charge < -0.3 is 4.90 Å². The Morgan fingerprint density at radius 3 is 2.85 bits per heavy atom. The van der Waals surface area contributed by atoms with Gasteiger partial charge in [0.2, 0.25) is 0 Å². The van der Waals surface area contributed by atoms with Crippen molar-refractivity contribution in [1.82, 2.24) is 19.3 Å². The summed E-state index contributed by atoms with van der Waals surface area (Å²) in [6, 6.07) is 11.4. The van der Waals surface area contributed by atoms with Gasteiger partial charge in [-0.05, 0) is 56.4 Å². The molecule has 27 heavy (non-hydrogen) atoms. The number of likely N-dealkylation sites (tertiary alicyclic amines) is 1. The summed E-state index contributed by atoms with van der Waals surface area (Å²) in [6.45, 7) is 0.683. The fourth-order valence-electron chi connectivity index (χ4n) is 3.76. The van der Waals surface area contributed by atoms with Crippen molar-refractivity contribution in [2.75, 3.05) is 6.54 Å². The molecule has 0 spiro atoms. The van der Waals surface area contributed by atoms with Gasteiger partial charge in [0.1, 0.15) is 11.2 Å². The third-order valence-electron chi connectivity index (χ3n) is 5.19. The van der Waals surface area contributed by atoms with E-state index in [1.54, 1.807) is 24.5 Å². The molecule has 3 aromatic rings. The molecule has 138 valence electrons. The van der Waals surface area contributed by atoms with Gasteiger partial charge in [-0.3, -0.25) is 19.0 Å². The number of amides is 1. The SMILES string of the molecule is O=C(c1cnc2ccccn2c1=O)N1CCCCC1CCc1ccccn1. The van der Waals surface area contributed by atoms with Crippen LogP contribution in [0.3, 0.4) is 0 Å². The highest BCUT2D eigenvalue weighted by atomic mass is 16.2. The molecule has 1 aliphatic rings. The average molecular weight is 362 g/mol. The van der Waals surface area contributed by atoms with Crippen LogP contribution in [0.15, 0.2) is 59.8 Å². The first-order valence-electron chi connectivity index (χ1n) is 9.41. The summed E-state index contributed by atoms with van der Waals surface area (Å²) in [7, 11) is 0. The maximum atomic E-state index is 13.1. The van der Waals surface area contributed by atoms with Gasteiger partial charge in [-0.15, -0.1) is 0 Å². The summed E-state index contributed by atoms with van der Waals surface area (Å²) >= 11 is 0. The van der Waals surface area contributed by atoms with Gasteiger partial charge in [-0.25, -0.2) is 4.98 Å². The molecule has 1 saturated heterocycles. The number of pyridine rings is 2. The molecule has 0 aromatic carbocycles. The molecule has 0 radical (unpaired) electrons. The highest BCUT2D eigenvalue weighted by molar-refractivity contribution is 5.94. The van der Waals surface area contributed by atoms with E-state index in [1.807, 2.05) is 29.2 Å². The van der Waals surface area contributed by atoms with E-state index in [0.717, 1.165) is 37.8 Å². The van der Waals surface area contributed by atoms with Crippen molar-refractivity contribution in [1.29, 1.82) is 0 Å². The minimum absolute atomic E-state index is 0.129. The van der Waals surface area contributed by atoms with Gasteiger partial charge in [-0.1, -0.05) is 12.1 Å². The van der Waals surface area contributed by atoms with Crippen molar-refractivity contribution in [3.63, 3.8) is 0 Å². The second kappa shape index (κ2) is 7.70. The number of piperidine rings is 1. The van der Waals surface area contributed by atoms with Gasteiger partial charge in [0, 0.05) is 36.9 Å². The van der Waals surface area contributed by atoms with Crippen LogP contribution in [0.4, 0.5) is 0 Å². The lowest BCUT2D eigenvalue weighted by atomic mass is 9.96. The van der Waals surface area contributed by atoms with Crippen LogP contribution in [0, 0.1) is 0 Å². The standard InChI is InChI=1S/C21H22N4O2/c26-20(18-15-23-19-9-3-6-14-25(19)21(18)27)24-13-5-2-8-17(24)11-10-16-7-1-4-12-22-16/h1,3-4,6-7,9,12,14-15,17H,2,5,8,10-11,13H2. The Labute approximate surface area is 157 Å². The lowest BCUT2D eigenvalue weighted by Crippen LogP contribution is -2.45. The molecule has 1 unspecified atom stereocenters. The first-order valence-corrected chi connectivity index (χ1v) is 9.41. The number of aryl methyl sites for hydroxylation is 1. The Morgan fingerprint density at radius 2 is 2.00 bits per heavy atom. The van der Waals surface area contributed by atoms with Crippen molar-refractivity contribution in [2.45, 2.75) is 38.1 Å². The minimum atomic E-state index is -0.306. The van der Waals surface area contributed by atoms with Gasteiger partial charge >= 0.3 is 0 Å². The number of aromatic nitrogens is 3. The Kier molecular flexibility index (Phi) is 4.96. The number of carbonyl (C=O) groups excluding carboxylic acids is 1. The van der Waals surface area contributed by atoms with E-state index >= 15 is 0 Å². The lowest BCUT2D eigenvalue weighted by Gasteiger charge is -2.35. The highest BCUT2D eigenvalue weighted by Crippen LogP contribution is 2.22. The van der Waals surface area contributed by atoms with Crippen LogP contribution in [-0.4, -0.2) is 37.8 Å². The van der Waals surface area contributed by atoms with E-state index in [9.17, 15) is 9.59 Å². The molecule has 0 aliphatic carbocycles. The summed E-state index contributed by atoms with van der Waals surface area (Å²) in [4.78, 5) is 36.4. The largest absolute Gasteiger partial charge is 0.335 e. The van der Waals surface area contributed by atoms with Crippen molar-refractivity contribution in [3.8, 4) is 0 Å². The molecule has 4 rings (SSSR count). The summed E-state index contributed by atoms with van der Waals surface area (Å²) < 4.78 is 1.43. The minimum Gasteiger partial charge on any atom is -0.335 e. The second-order valence-electron chi connectivity index (χ2n) is 6.91. The maximum absolute atomic E-state index is 13.1. The smallest absolute Gasteiger partial charge is 0.270 e. The van der Waals surface area contributed by atoms with Crippen molar-refractivity contribution in [3.05, 3.63) is 76.6 Å². The molecule has 1 aliphatic heterocycles. The Balaban J connectivity index is 1.57. The van der Waals surface area contributed by atoms with Crippen LogP contribution in [0.1, 0.15) is 41.7 Å². The summed E-state index contributed by atoms with van der Waals surface area (Å²) in [5.41, 5.74) is 1.41. The zero-order valence-corrected chi connectivity index (χ0v) is 15.1. The summed E-state index contributed by atoms with van der Waals surface area (Å²) in [5.74, 6) is -0.212. The van der Waals surface area contributed by atoms with Gasteiger partial charge in [0.15, 0.2) is 0 Å². The van der Waals surface area contributed by atoms with E-state index in [-0.39, 0.29) is 23.1 Å². The summed E-state index contributed by atoms with van der Waals surface area (Å²) in [6.07, 6.45) is 9.57. The fourth-order valence-corrected chi connectivity index (χ4v) is 3.76. The predicted molar refractivity (Wildman–Crippen MR) is 103 cm³/mol. The highest BCUT2D eigenvalue weighted by Gasteiger charge is 2.29. The van der Waals surface area contributed by atoms with E-state index in [1.165, 1.54) is 10.6 Å². The molecule has 1 fully saturated rings. The Morgan fingerprint density at radius 1 is 1.11 bits per heavy atom. The molecule has 1 amide bonds. The van der Waals surface area contributed by atoms with Crippen molar-refractivity contribution in [2.24, 2.45) is 0 Å². The fraction of sp³-hybridized carbons (Fsp3) is 0.333. The third kappa shape index (κ3) is 3.60. The number of hydrogen-bond acceptors (Lipinski definition) is 4. The normalized spacial score (nSPS) is 17.2. The van der Waals surface area contributed by atoms with E-state index < -0.39 is 0 Å². The van der Waals surface area contributed by atoms with E-state index in [0.29, 0.717) is 12.2 Å². The van der Waals surface area contributed by atoms with Crippen molar-refractivity contribution >= 4 is 11.6 Å². The number of nitrogens with zero attached hydrogens (tertiary/aromatic N) is 4. The molecule has 6 heteroatoms. The molecular formula is C21H22N4O2. The number of carbonyl (C=O) groups is 1. The van der Waals surface area contributed by atoms with Crippen LogP contribution in [0.25, 0.3) is 5.65 Å². The molecule has 0 saturated carbocycles. The quantitative estimate of drug-likeness (QED) is 0.716. The molecule has 4 heterocycles. The molecule has 1 atom stereocenters. The first kappa shape index (κ1) is 17.4. The van der Waals surface area contributed by atoms with Crippen LogP contribution in [0.2, 0.25) is 0 Å². The van der Waals surface area contributed by atoms with Crippen LogP contribution >= 0.6 is 0 Å². The zero-order valence-electron chi connectivity index (χ0n) is 15.1. The maximum Gasteiger partial charge on any atom is 0.270 e. The van der Waals surface area contributed by atoms with E-state index in [4.69, 9.17) is 0 Å². The lowest BCUT2D eigenvalue weighted by molar-refractivity contribution is 0.0599. The molecular weight excluding hydrogens is 340 g/mol. The Bertz CT molecular complexity index is 1000. The molecule has 0 bridgehead atoms. The molecule has 0 N–H and O–H groups in total. The molecule has 6 nitrogen and oxygen atoms in total. The van der Waals surface area contributed by atoms with Crippen LogP contribution < -0.4 is 5.56 Å². The first-order chi connectivity index (χ1) is 13.2. The topological polar surface area (TPSA) is 67.6 Å². The third-order valence-corrected chi connectivity index (χ3v) is 5.19. The van der Waals surface area contributed by atoms with Gasteiger partial charge in [0.25, 0.3) is 11.5 Å². The van der Waals surface area contributed by atoms with Gasteiger partial charge in [-0.2, -0.15) is 0 Å². The number of rotatable bonds is 4. The monoisotopic (exact) mass is 362 g/mol.